The molecule has 5 aromatic heterocycles. The number of carbonyl (C=O) groups is 2. The lowest BCUT2D eigenvalue weighted by molar-refractivity contribution is -0.136. The number of nitrogens with zero attached hydrogens (tertiary/aromatic N) is 14. The normalized spacial score (nSPS) is 19.0. The lowest BCUT2D eigenvalue weighted by atomic mass is 10.1. The Kier molecular flexibility index (Phi) is 9.72. The molecule has 3 aliphatic rings. The third kappa shape index (κ3) is 7.43. The lowest BCUT2D eigenvalue weighted by Crippen LogP contribution is -2.46. The maximum absolute atomic E-state index is 13.4. The Morgan fingerprint density at radius 1 is 0.833 bits per heavy atom. The van der Waals surface area contributed by atoms with Gasteiger partial charge in [-0.1, -0.05) is 35.5 Å². The van der Waals surface area contributed by atoms with Crippen LogP contribution >= 0.6 is 0 Å². The first kappa shape index (κ1) is 37.3. The van der Waals surface area contributed by atoms with Crippen LogP contribution in [0.3, 0.4) is 0 Å². The SMILES string of the molecule is Cn1cc(-c2cnc3c(nnn3C[C@@H]3CN(c4ncc(-c5ccc(CN6CCN(c7ccc8cnn(C9CCC(=O)NC9=O)c(=O)c8c7)CC6)cc5)cn4)CCO3)n2)cn1. The molecular weight excluding hydrogens is 767 g/mol. The van der Waals surface area contributed by atoms with E-state index in [9.17, 15) is 14.4 Å². The van der Waals surface area contributed by atoms with E-state index < -0.39 is 11.9 Å². The van der Waals surface area contributed by atoms with Crippen LogP contribution in [0, 0.1) is 0 Å². The largest absolute Gasteiger partial charge is 0.373 e. The monoisotopic (exact) mass is 807 g/mol. The average Bonchev–Trinajstić information content (AvgIpc) is 3.90. The van der Waals surface area contributed by atoms with Crippen molar-refractivity contribution in [1.29, 1.82) is 0 Å². The lowest BCUT2D eigenvalue weighted by Gasteiger charge is -2.36. The second-order valence-electron chi connectivity index (χ2n) is 15.4. The highest BCUT2D eigenvalue weighted by molar-refractivity contribution is 5.99. The van der Waals surface area contributed by atoms with Crippen molar-refractivity contribution in [3.8, 4) is 22.4 Å². The Morgan fingerprint density at radius 3 is 2.45 bits per heavy atom. The molecule has 10 rings (SSSR count). The number of piperazine rings is 1. The number of rotatable bonds is 9. The number of aryl methyl sites for hydroxylation is 1. The van der Waals surface area contributed by atoms with Crippen LogP contribution in [0.5, 0.6) is 0 Å². The zero-order valence-electron chi connectivity index (χ0n) is 32.8. The maximum atomic E-state index is 13.4. The van der Waals surface area contributed by atoms with Gasteiger partial charge in [0.15, 0.2) is 5.65 Å². The zero-order valence-corrected chi connectivity index (χ0v) is 32.8. The molecule has 19 heteroatoms. The number of piperidine rings is 1. The van der Waals surface area contributed by atoms with Crippen LogP contribution in [0.15, 0.2) is 84.4 Å². The number of nitrogens with one attached hydrogen (secondary N) is 1. The van der Waals surface area contributed by atoms with Crippen molar-refractivity contribution >= 4 is 45.5 Å². The molecule has 0 saturated carbocycles. The number of benzene rings is 2. The van der Waals surface area contributed by atoms with E-state index in [2.05, 4.69) is 74.8 Å². The number of hydrogen-bond donors (Lipinski definition) is 1. The van der Waals surface area contributed by atoms with E-state index in [0.29, 0.717) is 60.0 Å². The first-order valence-corrected chi connectivity index (χ1v) is 20.0. The Bertz CT molecular complexity index is 2780. The molecule has 0 bridgehead atoms. The van der Waals surface area contributed by atoms with E-state index in [1.807, 2.05) is 43.8 Å². The number of aromatic nitrogens is 11. The summed E-state index contributed by atoms with van der Waals surface area (Å²) in [5.74, 6) is -0.172. The summed E-state index contributed by atoms with van der Waals surface area (Å²) in [5, 5.41) is 20.6. The maximum Gasteiger partial charge on any atom is 0.275 e. The van der Waals surface area contributed by atoms with Crippen LogP contribution in [-0.2, 0) is 34.5 Å². The second kappa shape index (κ2) is 15.6. The Morgan fingerprint density at radius 2 is 1.67 bits per heavy atom. The minimum absolute atomic E-state index is 0.160. The Labute approximate surface area is 342 Å². The summed E-state index contributed by atoms with van der Waals surface area (Å²) in [4.78, 5) is 63.1. The summed E-state index contributed by atoms with van der Waals surface area (Å²) in [6.45, 7) is 6.45. The van der Waals surface area contributed by atoms with E-state index in [-0.39, 0.29) is 30.4 Å². The van der Waals surface area contributed by atoms with Crippen LogP contribution < -0.4 is 20.7 Å². The van der Waals surface area contributed by atoms with Gasteiger partial charge in [-0.3, -0.25) is 29.3 Å². The molecule has 1 N–H and O–H groups in total. The van der Waals surface area contributed by atoms with Gasteiger partial charge in [0.25, 0.3) is 11.5 Å². The van der Waals surface area contributed by atoms with Crippen molar-refractivity contribution in [3.05, 3.63) is 95.6 Å². The molecule has 0 spiro atoms. The highest BCUT2D eigenvalue weighted by Gasteiger charge is 2.30. The van der Waals surface area contributed by atoms with Crippen molar-refractivity contribution in [2.45, 2.75) is 38.1 Å². The third-order valence-corrected chi connectivity index (χ3v) is 11.4. The van der Waals surface area contributed by atoms with Gasteiger partial charge in [0.1, 0.15) is 6.04 Å². The van der Waals surface area contributed by atoms with Crippen molar-refractivity contribution < 1.29 is 14.3 Å². The molecule has 3 fully saturated rings. The summed E-state index contributed by atoms with van der Waals surface area (Å²) in [5.41, 5.74) is 6.45. The third-order valence-electron chi connectivity index (χ3n) is 11.4. The zero-order chi connectivity index (χ0) is 40.7. The molecule has 0 radical (unpaired) electrons. The van der Waals surface area contributed by atoms with E-state index in [1.165, 1.54) is 10.2 Å². The summed E-state index contributed by atoms with van der Waals surface area (Å²) >= 11 is 0. The number of morpholine rings is 1. The van der Waals surface area contributed by atoms with Gasteiger partial charge in [-0.05, 0) is 29.7 Å². The Hall–Kier alpha value is -6.99. The summed E-state index contributed by atoms with van der Waals surface area (Å²) < 4.78 is 10.8. The molecule has 2 aromatic carbocycles. The fourth-order valence-electron chi connectivity index (χ4n) is 8.12. The molecule has 304 valence electrons. The fourth-order valence-corrected chi connectivity index (χ4v) is 8.12. The van der Waals surface area contributed by atoms with E-state index in [1.54, 1.807) is 28.0 Å². The topological polar surface area (TPSA) is 200 Å². The first-order valence-electron chi connectivity index (χ1n) is 20.0. The van der Waals surface area contributed by atoms with Crippen molar-refractivity contribution in [2.24, 2.45) is 7.05 Å². The standard InChI is InChI=1S/C41H41N15O4/c1-51-23-30(20-45-51)34-21-42-38-37(47-34)49-50-55(38)25-32-24-54(14-15-60-32)41-43-17-29(18-44-41)27-4-2-26(3-5-27)22-52-10-12-53(13-11-52)31-7-6-28-19-46-56(40(59)33(28)16-31)35-8-9-36(57)48-39(35)58/h2-7,16-21,23,32,35H,8-15,22,24-25H2,1H3,(H,48,57,58)/t32-,35?/m0/s1. The molecular formula is C41H41N15O4. The molecule has 19 nitrogen and oxygen atoms in total. The van der Waals surface area contributed by atoms with Crippen LogP contribution in [-0.4, -0.2) is 123 Å². The molecule has 7 aromatic rings. The Balaban J connectivity index is 0.729. The molecule has 0 aliphatic carbocycles. The summed E-state index contributed by atoms with van der Waals surface area (Å²) in [6, 6.07) is 13.6. The van der Waals surface area contributed by atoms with E-state index in [0.717, 1.165) is 55.1 Å². The number of hydrogen-bond acceptors (Lipinski definition) is 15. The number of ether oxygens (including phenoxy) is 1. The van der Waals surface area contributed by atoms with Crippen LogP contribution in [0.25, 0.3) is 44.5 Å². The van der Waals surface area contributed by atoms with Crippen molar-refractivity contribution in [2.75, 3.05) is 55.7 Å². The second-order valence-corrected chi connectivity index (χ2v) is 15.4. The molecule has 8 heterocycles. The van der Waals surface area contributed by atoms with Gasteiger partial charge in [0.2, 0.25) is 17.5 Å². The molecule has 1 unspecified atom stereocenters. The van der Waals surface area contributed by atoms with Crippen LogP contribution in [0.4, 0.5) is 11.6 Å². The molecule has 3 saturated heterocycles. The van der Waals surface area contributed by atoms with Gasteiger partial charge in [0.05, 0.1) is 48.9 Å². The van der Waals surface area contributed by atoms with Gasteiger partial charge < -0.3 is 14.5 Å². The molecule has 60 heavy (non-hydrogen) atoms. The number of imide groups is 1. The number of amides is 2. The van der Waals surface area contributed by atoms with Gasteiger partial charge >= 0.3 is 0 Å². The van der Waals surface area contributed by atoms with E-state index >= 15 is 0 Å². The summed E-state index contributed by atoms with van der Waals surface area (Å²) in [7, 11) is 1.86. The highest BCUT2D eigenvalue weighted by Crippen LogP contribution is 2.25. The van der Waals surface area contributed by atoms with Crippen molar-refractivity contribution in [1.82, 2.24) is 64.7 Å². The van der Waals surface area contributed by atoms with Gasteiger partial charge in [-0.2, -0.15) is 10.2 Å². The van der Waals surface area contributed by atoms with Crippen molar-refractivity contribution in [3.63, 3.8) is 0 Å². The van der Waals surface area contributed by atoms with Crippen LogP contribution in [0.2, 0.25) is 0 Å². The minimum Gasteiger partial charge on any atom is -0.373 e. The first-order chi connectivity index (χ1) is 29.3. The highest BCUT2D eigenvalue weighted by atomic mass is 16.5. The molecule has 3 aliphatic heterocycles. The quantitative estimate of drug-likeness (QED) is 0.208. The van der Waals surface area contributed by atoms with Crippen LogP contribution in [0.1, 0.15) is 24.4 Å². The fraction of sp³-hybridized carbons (Fsp3) is 0.341. The van der Waals surface area contributed by atoms with E-state index in [4.69, 9.17) is 14.7 Å². The smallest absolute Gasteiger partial charge is 0.275 e. The number of anilines is 2. The summed E-state index contributed by atoms with van der Waals surface area (Å²) in [6.07, 6.45) is 11.0. The van der Waals surface area contributed by atoms with Gasteiger partial charge in [-0.15, -0.1) is 5.10 Å². The molecule has 2 atom stereocenters. The predicted octanol–water partition coefficient (Wildman–Crippen LogP) is 1.99. The number of fused-ring (bicyclic) bond motifs is 2. The number of carbonyl (C=O) groups excluding carboxylic acids is 2. The predicted molar refractivity (Wildman–Crippen MR) is 220 cm³/mol. The minimum atomic E-state index is -0.796. The average molecular weight is 808 g/mol. The van der Waals surface area contributed by atoms with Gasteiger partial charge in [0, 0.05) is 100 Å². The molecule has 2 amide bonds. The van der Waals surface area contributed by atoms with Gasteiger partial charge in [-0.25, -0.2) is 29.3 Å².